The Bertz CT molecular complexity index is 696. The molecule has 5 rings (SSSR count). The number of hydrazine groups is 1. The van der Waals surface area contributed by atoms with Crippen LogP contribution in [0.4, 0.5) is 0 Å². The number of benzene rings is 1. The van der Waals surface area contributed by atoms with Crippen molar-refractivity contribution in [2.45, 2.75) is 58.3 Å². The standard InChI is InChI=1S/C23H32N2O4/c1-2-28-19-3-5-20(6-4-19)29-8-7-21(26)24-25-22(27)15-23-12-16-9-17(13-23)11-18(10-16)14-23/h3-6,16-18H,2,7-15H2,1H3,(H,24,26)(H,25,27). The zero-order valence-electron chi connectivity index (χ0n) is 17.2. The Morgan fingerprint density at radius 3 is 1.97 bits per heavy atom. The first-order chi connectivity index (χ1) is 14.0. The highest BCUT2D eigenvalue weighted by atomic mass is 16.5. The molecule has 0 aromatic heterocycles. The van der Waals surface area contributed by atoms with Gasteiger partial charge >= 0.3 is 0 Å². The minimum absolute atomic E-state index is 0.0623. The third-order valence-corrected chi connectivity index (χ3v) is 6.77. The van der Waals surface area contributed by atoms with Crippen LogP contribution in [-0.4, -0.2) is 25.0 Å². The minimum atomic E-state index is -0.241. The van der Waals surface area contributed by atoms with Gasteiger partial charge in [0.15, 0.2) is 0 Å². The molecular weight excluding hydrogens is 368 g/mol. The molecular formula is C23H32N2O4. The van der Waals surface area contributed by atoms with Gasteiger partial charge in [0.2, 0.25) is 11.8 Å². The van der Waals surface area contributed by atoms with Crippen LogP contribution in [0.1, 0.15) is 58.3 Å². The SMILES string of the molecule is CCOc1ccc(OCCC(=O)NNC(=O)CC23CC4CC(CC(C4)C2)C3)cc1. The molecule has 4 aliphatic carbocycles. The Morgan fingerprint density at radius 1 is 0.897 bits per heavy atom. The van der Waals surface area contributed by atoms with Crippen molar-refractivity contribution in [2.75, 3.05) is 13.2 Å². The lowest BCUT2D eigenvalue weighted by molar-refractivity contribution is -0.134. The monoisotopic (exact) mass is 400 g/mol. The molecule has 1 aromatic carbocycles. The molecule has 158 valence electrons. The molecule has 4 aliphatic rings. The number of rotatable bonds is 8. The second kappa shape index (κ2) is 8.64. The molecule has 0 aliphatic heterocycles. The summed E-state index contributed by atoms with van der Waals surface area (Å²) in [4.78, 5) is 24.5. The van der Waals surface area contributed by atoms with Crippen LogP contribution in [0.15, 0.2) is 24.3 Å². The van der Waals surface area contributed by atoms with Gasteiger partial charge in [0.05, 0.1) is 19.6 Å². The Balaban J connectivity index is 1.15. The van der Waals surface area contributed by atoms with Crippen LogP contribution in [0.5, 0.6) is 11.5 Å². The van der Waals surface area contributed by atoms with Gasteiger partial charge in [-0.15, -0.1) is 0 Å². The van der Waals surface area contributed by atoms with Crippen molar-refractivity contribution in [1.29, 1.82) is 0 Å². The van der Waals surface area contributed by atoms with E-state index < -0.39 is 0 Å². The molecule has 0 radical (unpaired) electrons. The summed E-state index contributed by atoms with van der Waals surface area (Å²) in [5.41, 5.74) is 5.34. The molecule has 0 spiro atoms. The van der Waals surface area contributed by atoms with Crippen LogP contribution in [0, 0.1) is 23.2 Å². The van der Waals surface area contributed by atoms with E-state index >= 15 is 0 Å². The highest BCUT2D eigenvalue weighted by molar-refractivity contribution is 5.82. The summed E-state index contributed by atoms with van der Waals surface area (Å²) >= 11 is 0. The molecule has 4 fully saturated rings. The molecule has 0 atom stereocenters. The molecule has 6 heteroatoms. The number of hydrogen-bond donors (Lipinski definition) is 2. The van der Waals surface area contributed by atoms with Crippen molar-refractivity contribution in [3.8, 4) is 11.5 Å². The molecule has 6 nitrogen and oxygen atoms in total. The first-order valence-corrected chi connectivity index (χ1v) is 11.0. The van der Waals surface area contributed by atoms with Gasteiger partial charge in [0, 0.05) is 6.42 Å². The van der Waals surface area contributed by atoms with Crippen LogP contribution >= 0.6 is 0 Å². The topological polar surface area (TPSA) is 76.7 Å². The van der Waals surface area contributed by atoms with E-state index in [1.807, 2.05) is 31.2 Å². The highest BCUT2D eigenvalue weighted by Crippen LogP contribution is 2.61. The quantitative estimate of drug-likeness (QED) is 0.654. The van der Waals surface area contributed by atoms with Crippen LogP contribution in [-0.2, 0) is 9.59 Å². The second-order valence-electron chi connectivity index (χ2n) is 9.19. The van der Waals surface area contributed by atoms with E-state index in [0.29, 0.717) is 18.8 Å². The lowest BCUT2D eigenvalue weighted by Gasteiger charge is -2.56. The van der Waals surface area contributed by atoms with Crippen LogP contribution in [0.25, 0.3) is 0 Å². The van der Waals surface area contributed by atoms with Gasteiger partial charge in [-0.05, 0) is 92.9 Å². The maximum Gasteiger partial charge on any atom is 0.241 e. The Kier molecular flexibility index (Phi) is 5.97. The normalized spacial score (nSPS) is 29.3. The van der Waals surface area contributed by atoms with E-state index in [0.717, 1.165) is 23.5 Å². The van der Waals surface area contributed by atoms with Gasteiger partial charge in [-0.1, -0.05) is 0 Å². The van der Waals surface area contributed by atoms with Crippen molar-refractivity contribution in [3.05, 3.63) is 24.3 Å². The number of nitrogens with one attached hydrogen (secondary N) is 2. The molecule has 4 saturated carbocycles. The number of carbonyl (C=O) groups is 2. The summed E-state index contributed by atoms with van der Waals surface area (Å²) in [5.74, 6) is 3.64. The van der Waals surface area contributed by atoms with E-state index in [1.54, 1.807) is 0 Å². The van der Waals surface area contributed by atoms with Crippen molar-refractivity contribution >= 4 is 11.8 Å². The summed E-state index contributed by atoms with van der Waals surface area (Å²) in [5, 5.41) is 0. The van der Waals surface area contributed by atoms with Gasteiger partial charge in [-0.2, -0.15) is 0 Å². The average Bonchev–Trinajstić information content (AvgIpc) is 2.66. The summed E-state index contributed by atoms with van der Waals surface area (Å²) in [6.07, 6.45) is 8.40. The smallest absolute Gasteiger partial charge is 0.241 e. The summed E-state index contributed by atoms with van der Waals surface area (Å²) < 4.78 is 11.0. The highest BCUT2D eigenvalue weighted by Gasteiger charge is 2.51. The number of carbonyl (C=O) groups excluding carboxylic acids is 2. The average molecular weight is 401 g/mol. The van der Waals surface area contributed by atoms with Crippen LogP contribution in [0.3, 0.4) is 0 Å². The van der Waals surface area contributed by atoms with Crippen LogP contribution in [0.2, 0.25) is 0 Å². The number of ether oxygens (including phenoxy) is 2. The Labute approximate surface area is 172 Å². The van der Waals surface area contributed by atoms with Crippen molar-refractivity contribution in [2.24, 2.45) is 23.2 Å². The Morgan fingerprint density at radius 2 is 1.41 bits per heavy atom. The van der Waals surface area contributed by atoms with Gasteiger partial charge < -0.3 is 9.47 Å². The van der Waals surface area contributed by atoms with Crippen molar-refractivity contribution in [1.82, 2.24) is 10.9 Å². The second-order valence-corrected chi connectivity index (χ2v) is 9.19. The van der Waals surface area contributed by atoms with E-state index in [9.17, 15) is 9.59 Å². The molecule has 1 aromatic rings. The van der Waals surface area contributed by atoms with Crippen molar-refractivity contribution in [3.63, 3.8) is 0 Å². The number of hydrogen-bond acceptors (Lipinski definition) is 4. The van der Waals surface area contributed by atoms with E-state index in [-0.39, 0.29) is 30.3 Å². The molecule has 2 amide bonds. The fourth-order valence-electron chi connectivity index (χ4n) is 6.15. The first-order valence-electron chi connectivity index (χ1n) is 11.0. The maximum atomic E-state index is 12.4. The first kappa shape index (κ1) is 20.0. The number of amides is 2. The predicted molar refractivity (Wildman–Crippen MR) is 109 cm³/mol. The largest absolute Gasteiger partial charge is 0.494 e. The maximum absolute atomic E-state index is 12.4. The molecule has 2 N–H and O–H groups in total. The lowest BCUT2D eigenvalue weighted by Crippen LogP contribution is -2.50. The van der Waals surface area contributed by atoms with Crippen molar-refractivity contribution < 1.29 is 19.1 Å². The molecule has 0 heterocycles. The minimum Gasteiger partial charge on any atom is -0.494 e. The zero-order chi connectivity index (χ0) is 20.3. The fourth-order valence-corrected chi connectivity index (χ4v) is 6.15. The lowest BCUT2D eigenvalue weighted by atomic mass is 9.49. The van der Waals surface area contributed by atoms with E-state index in [4.69, 9.17) is 9.47 Å². The molecule has 0 unspecified atom stereocenters. The predicted octanol–water partition coefficient (Wildman–Crippen LogP) is 3.61. The third kappa shape index (κ3) is 5.03. The van der Waals surface area contributed by atoms with Gasteiger partial charge in [0.1, 0.15) is 11.5 Å². The summed E-state index contributed by atoms with van der Waals surface area (Å²) in [6, 6.07) is 7.31. The van der Waals surface area contributed by atoms with E-state index in [2.05, 4.69) is 10.9 Å². The third-order valence-electron chi connectivity index (χ3n) is 6.77. The molecule has 0 saturated heterocycles. The van der Waals surface area contributed by atoms with Gasteiger partial charge in [0.25, 0.3) is 0 Å². The van der Waals surface area contributed by atoms with Gasteiger partial charge in [-0.25, -0.2) is 0 Å². The fraction of sp³-hybridized carbons (Fsp3) is 0.652. The molecule has 4 bridgehead atoms. The summed E-state index contributed by atoms with van der Waals surface area (Å²) in [7, 11) is 0. The summed E-state index contributed by atoms with van der Waals surface area (Å²) in [6.45, 7) is 2.81. The Hall–Kier alpha value is -2.24. The molecule has 29 heavy (non-hydrogen) atoms. The van der Waals surface area contributed by atoms with E-state index in [1.165, 1.54) is 38.5 Å². The zero-order valence-corrected chi connectivity index (χ0v) is 17.2. The van der Waals surface area contributed by atoms with Gasteiger partial charge in [-0.3, -0.25) is 20.4 Å². The van der Waals surface area contributed by atoms with Crippen LogP contribution < -0.4 is 20.3 Å².